The van der Waals surface area contributed by atoms with Crippen molar-refractivity contribution in [1.82, 2.24) is 0 Å². The van der Waals surface area contributed by atoms with E-state index in [1.165, 1.54) is 0 Å². The molecule has 110 valence electrons. The number of benzene rings is 2. The average molecular weight is 286 g/mol. The fourth-order valence-electron chi connectivity index (χ4n) is 2.24. The molecular formula is C17H18O4. The van der Waals surface area contributed by atoms with Gasteiger partial charge in [0.2, 0.25) is 0 Å². The zero-order chi connectivity index (χ0) is 15.2. The van der Waals surface area contributed by atoms with Gasteiger partial charge in [-0.3, -0.25) is 4.79 Å². The fourth-order valence-corrected chi connectivity index (χ4v) is 2.24. The van der Waals surface area contributed by atoms with Crippen LogP contribution >= 0.6 is 0 Å². The van der Waals surface area contributed by atoms with Gasteiger partial charge in [-0.1, -0.05) is 42.5 Å². The Morgan fingerprint density at radius 2 is 1.71 bits per heavy atom. The molecule has 2 aromatic rings. The van der Waals surface area contributed by atoms with Crippen molar-refractivity contribution in [2.45, 2.75) is 12.5 Å². The largest absolute Gasteiger partial charge is 0.497 e. The smallest absolute Gasteiger partial charge is 0.309 e. The van der Waals surface area contributed by atoms with Crippen molar-refractivity contribution in [2.75, 3.05) is 7.11 Å². The van der Waals surface area contributed by atoms with Crippen LogP contribution in [0.15, 0.2) is 54.6 Å². The van der Waals surface area contributed by atoms with E-state index in [2.05, 4.69) is 0 Å². The molecule has 0 fully saturated rings. The highest BCUT2D eigenvalue weighted by atomic mass is 16.5. The van der Waals surface area contributed by atoms with Gasteiger partial charge in [-0.2, -0.15) is 0 Å². The molecule has 4 nitrogen and oxygen atoms in total. The van der Waals surface area contributed by atoms with Crippen LogP contribution in [-0.2, 0) is 11.2 Å². The van der Waals surface area contributed by atoms with E-state index in [4.69, 9.17) is 4.74 Å². The molecule has 0 aromatic heterocycles. The van der Waals surface area contributed by atoms with Crippen molar-refractivity contribution in [3.8, 4) is 5.75 Å². The van der Waals surface area contributed by atoms with Gasteiger partial charge in [-0.15, -0.1) is 0 Å². The lowest BCUT2D eigenvalue weighted by molar-refractivity contribution is -0.145. The van der Waals surface area contributed by atoms with E-state index >= 15 is 0 Å². The van der Waals surface area contributed by atoms with Crippen molar-refractivity contribution in [1.29, 1.82) is 0 Å². The lowest BCUT2D eigenvalue weighted by Crippen LogP contribution is -2.24. The summed E-state index contributed by atoms with van der Waals surface area (Å²) in [5.74, 6) is -1.23. The number of carboxylic acids is 1. The molecule has 4 heteroatoms. The van der Waals surface area contributed by atoms with Gasteiger partial charge in [0.15, 0.2) is 0 Å². The standard InChI is InChI=1S/C17H18O4/c1-21-14-9-7-13(8-10-14)16(18)15(17(19)20)11-12-5-3-2-4-6-12/h2-10,15-16,18H,11H2,1H3,(H,19,20). The van der Waals surface area contributed by atoms with Crippen molar-refractivity contribution in [3.05, 3.63) is 65.7 Å². The minimum absolute atomic E-state index is 0.281. The number of aliphatic hydroxyl groups is 1. The monoisotopic (exact) mass is 286 g/mol. The van der Waals surface area contributed by atoms with Crippen LogP contribution in [0.25, 0.3) is 0 Å². The molecule has 0 spiro atoms. The maximum absolute atomic E-state index is 11.5. The van der Waals surface area contributed by atoms with Gasteiger partial charge >= 0.3 is 5.97 Å². The number of aliphatic carboxylic acids is 1. The molecule has 2 rings (SSSR count). The molecule has 0 heterocycles. The molecular weight excluding hydrogens is 268 g/mol. The topological polar surface area (TPSA) is 66.8 Å². The van der Waals surface area contributed by atoms with E-state index in [1.807, 2.05) is 30.3 Å². The molecule has 0 aliphatic heterocycles. The quantitative estimate of drug-likeness (QED) is 0.856. The third-order valence-corrected chi connectivity index (χ3v) is 3.45. The highest BCUT2D eigenvalue weighted by molar-refractivity contribution is 5.71. The summed E-state index contributed by atoms with van der Waals surface area (Å²) >= 11 is 0. The molecule has 0 saturated carbocycles. The van der Waals surface area contributed by atoms with Crippen molar-refractivity contribution < 1.29 is 19.7 Å². The van der Waals surface area contributed by atoms with Gasteiger partial charge in [0.25, 0.3) is 0 Å². The third kappa shape index (κ3) is 3.83. The van der Waals surface area contributed by atoms with Crippen LogP contribution in [0.1, 0.15) is 17.2 Å². The van der Waals surface area contributed by atoms with E-state index in [-0.39, 0.29) is 6.42 Å². The second-order valence-electron chi connectivity index (χ2n) is 4.85. The Bertz CT molecular complexity index is 577. The second kappa shape index (κ2) is 6.90. The summed E-state index contributed by atoms with van der Waals surface area (Å²) in [6.45, 7) is 0. The molecule has 2 N–H and O–H groups in total. The first kappa shape index (κ1) is 15.1. The van der Waals surface area contributed by atoms with Gasteiger partial charge in [0.05, 0.1) is 19.1 Å². The van der Waals surface area contributed by atoms with Crippen LogP contribution in [-0.4, -0.2) is 23.3 Å². The number of methoxy groups -OCH3 is 1. The van der Waals surface area contributed by atoms with Crippen molar-refractivity contribution >= 4 is 5.97 Å². The summed E-state index contributed by atoms with van der Waals surface area (Å²) in [6, 6.07) is 16.1. The van der Waals surface area contributed by atoms with Gasteiger partial charge in [0.1, 0.15) is 5.75 Å². The van der Waals surface area contributed by atoms with E-state index in [1.54, 1.807) is 31.4 Å². The Morgan fingerprint density at radius 3 is 2.24 bits per heavy atom. The van der Waals surface area contributed by atoms with E-state index < -0.39 is 18.0 Å². The summed E-state index contributed by atoms with van der Waals surface area (Å²) < 4.78 is 5.05. The molecule has 0 aliphatic rings. The Hall–Kier alpha value is -2.33. The summed E-state index contributed by atoms with van der Waals surface area (Å²) in [5.41, 5.74) is 1.46. The fraction of sp³-hybridized carbons (Fsp3) is 0.235. The number of carboxylic acid groups (broad SMARTS) is 1. The number of aliphatic hydroxyl groups excluding tert-OH is 1. The Labute approximate surface area is 123 Å². The molecule has 2 atom stereocenters. The van der Waals surface area contributed by atoms with Crippen LogP contribution < -0.4 is 4.74 Å². The number of hydrogen-bond acceptors (Lipinski definition) is 3. The van der Waals surface area contributed by atoms with Crippen LogP contribution in [0.3, 0.4) is 0 Å². The van der Waals surface area contributed by atoms with Crippen LogP contribution in [0.5, 0.6) is 5.75 Å². The highest BCUT2D eigenvalue weighted by Gasteiger charge is 2.28. The average Bonchev–Trinajstić information content (AvgIpc) is 2.53. The minimum Gasteiger partial charge on any atom is -0.497 e. The number of ether oxygens (including phenoxy) is 1. The van der Waals surface area contributed by atoms with Crippen molar-refractivity contribution in [3.63, 3.8) is 0 Å². The Kier molecular flexibility index (Phi) is 4.95. The Morgan fingerprint density at radius 1 is 1.10 bits per heavy atom. The second-order valence-corrected chi connectivity index (χ2v) is 4.85. The molecule has 0 amide bonds. The minimum atomic E-state index is -1.06. The molecule has 2 unspecified atom stereocenters. The first-order valence-electron chi connectivity index (χ1n) is 6.70. The first-order valence-corrected chi connectivity index (χ1v) is 6.70. The lowest BCUT2D eigenvalue weighted by atomic mass is 9.90. The third-order valence-electron chi connectivity index (χ3n) is 3.45. The highest BCUT2D eigenvalue weighted by Crippen LogP contribution is 2.27. The van der Waals surface area contributed by atoms with Crippen molar-refractivity contribution in [2.24, 2.45) is 5.92 Å². The Balaban J connectivity index is 2.18. The summed E-state index contributed by atoms with van der Waals surface area (Å²) in [5, 5.41) is 19.7. The molecule has 0 aliphatic carbocycles. The van der Waals surface area contributed by atoms with Gasteiger partial charge < -0.3 is 14.9 Å². The van der Waals surface area contributed by atoms with Crippen LogP contribution in [0, 0.1) is 5.92 Å². The van der Waals surface area contributed by atoms with Gasteiger partial charge in [0, 0.05) is 0 Å². The zero-order valence-electron chi connectivity index (χ0n) is 11.8. The lowest BCUT2D eigenvalue weighted by Gasteiger charge is -2.20. The number of rotatable bonds is 6. The maximum atomic E-state index is 11.5. The summed E-state index contributed by atoms with van der Waals surface area (Å²) in [6.07, 6.45) is -0.780. The first-order chi connectivity index (χ1) is 10.1. The maximum Gasteiger partial charge on any atom is 0.309 e. The normalized spacial score (nSPS) is 13.4. The molecule has 0 bridgehead atoms. The van der Waals surface area contributed by atoms with Gasteiger partial charge in [-0.25, -0.2) is 0 Å². The van der Waals surface area contributed by atoms with Crippen LogP contribution in [0.4, 0.5) is 0 Å². The predicted octanol–water partition coefficient (Wildman–Crippen LogP) is 2.67. The summed E-state index contributed by atoms with van der Waals surface area (Å²) in [7, 11) is 1.56. The van der Waals surface area contributed by atoms with Crippen LogP contribution in [0.2, 0.25) is 0 Å². The molecule has 2 aromatic carbocycles. The van der Waals surface area contributed by atoms with E-state index in [9.17, 15) is 15.0 Å². The van der Waals surface area contributed by atoms with E-state index in [0.29, 0.717) is 11.3 Å². The molecule has 0 radical (unpaired) electrons. The zero-order valence-corrected chi connectivity index (χ0v) is 11.8. The molecule has 21 heavy (non-hydrogen) atoms. The predicted molar refractivity (Wildman–Crippen MR) is 79.2 cm³/mol. The summed E-state index contributed by atoms with van der Waals surface area (Å²) in [4.78, 5) is 11.5. The SMILES string of the molecule is COc1ccc(C(O)C(Cc2ccccc2)C(=O)O)cc1. The molecule has 0 saturated heterocycles. The van der Waals surface area contributed by atoms with E-state index in [0.717, 1.165) is 5.56 Å². The van der Waals surface area contributed by atoms with Gasteiger partial charge in [-0.05, 0) is 29.7 Å². The number of hydrogen-bond donors (Lipinski definition) is 2. The number of carbonyl (C=O) groups is 1.